The molecular formula is C30H25F3N4O3. The molecule has 3 N–H and O–H groups in total. The molecule has 2 aliphatic rings. The maximum Gasteiger partial charge on any atom is 0.416 e. The summed E-state index contributed by atoms with van der Waals surface area (Å²) in [5.41, 5.74) is 9.34. The van der Waals surface area contributed by atoms with E-state index >= 15 is 0 Å². The predicted molar refractivity (Wildman–Crippen MR) is 145 cm³/mol. The molecule has 0 fully saturated rings. The number of rotatable bonds is 4. The second-order valence-electron chi connectivity index (χ2n) is 10.00. The van der Waals surface area contributed by atoms with Gasteiger partial charge in [-0.2, -0.15) is 13.2 Å². The molecule has 7 nitrogen and oxygen atoms in total. The average Bonchev–Trinajstić information content (AvgIpc) is 2.93. The van der Waals surface area contributed by atoms with E-state index in [1.807, 2.05) is 6.07 Å². The molecule has 3 aromatic carbocycles. The third-order valence-corrected chi connectivity index (χ3v) is 7.31. The first kappa shape index (κ1) is 25.7. The highest BCUT2D eigenvalue weighted by atomic mass is 19.4. The molecule has 0 atom stereocenters. The first-order chi connectivity index (χ1) is 19.2. The number of nitrogens with two attached hydrogens (primary N) is 1. The summed E-state index contributed by atoms with van der Waals surface area (Å²) in [6.45, 7) is 1.96. The smallest absolute Gasteiger partial charge is 0.416 e. The first-order valence-electron chi connectivity index (χ1n) is 13.0. The Labute approximate surface area is 227 Å². The Balaban J connectivity index is 1.50. The predicted octanol–water partition coefficient (Wildman–Crippen LogP) is 5.73. The molecule has 204 valence electrons. The molecule has 10 heteroatoms. The minimum absolute atomic E-state index is 0.00661. The number of alkyl halides is 3. The summed E-state index contributed by atoms with van der Waals surface area (Å²) in [6.07, 6.45) is -0.807. The highest BCUT2D eigenvalue weighted by Crippen LogP contribution is 2.40. The number of nitrogens with zero attached hydrogens (tertiary/aromatic N) is 2. The van der Waals surface area contributed by atoms with Crippen molar-refractivity contribution in [3.05, 3.63) is 94.0 Å². The summed E-state index contributed by atoms with van der Waals surface area (Å²) < 4.78 is 46.1. The monoisotopic (exact) mass is 546 g/mol. The van der Waals surface area contributed by atoms with Crippen LogP contribution in [0.5, 0.6) is 0 Å². The van der Waals surface area contributed by atoms with Crippen LogP contribution in [0, 0.1) is 0 Å². The number of hydrogen-bond acceptors (Lipinski definition) is 5. The number of fused-ring (bicyclic) bond motifs is 2. The van der Waals surface area contributed by atoms with E-state index in [1.165, 1.54) is 35.5 Å². The van der Waals surface area contributed by atoms with Gasteiger partial charge in [0.15, 0.2) is 0 Å². The van der Waals surface area contributed by atoms with Crippen LogP contribution < -0.4 is 21.5 Å². The van der Waals surface area contributed by atoms with Crippen molar-refractivity contribution in [3.8, 4) is 0 Å². The Hall–Kier alpha value is -4.60. The number of benzene rings is 3. The number of nitrogens with one attached hydrogen (secondary N) is 1. The van der Waals surface area contributed by atoms with Gasteiger partial charge in [-0.05, 0) is 85.8 Å². The largest absolute Gasteiger partial charge is 0.437 e. The molecule has 2 aliphatic heterocycles. The van der Waals surface area contributed by atoms with Crippen molar-refractivity contribution in [1.29, 1.82) is 0 Å². The Kier molecular flexibility index (Phi) is 6.32. The van der Waals surface area contributed by atoms with Gasteiger partial charge in [-0.15, -0.1) is 0 Å². The van der Waals surface area contributed by atoms with Gasteiger partial charge in [-0.25, -0.2) is 4.99 Å². The van der Waals surface area contributed by atoms with E-state index in [9.17, 15) is 22.8 Å². The Morgan fingerprint density at radius 3 is 2.45 bits per heavy atom. The summed E-state index contributed by atoms with van der Waals surface area (Å²) in [5, 5.41) is 3.30. The maximum atomic E-state index is 13.5. The Bertz CT molecular complexity index is 1720. The van der Waals surface area contributed by atoms with Crippen LogP contribution in [0.15, 0.2) is 70.1 Å². The van der Waals surface area contributed by atoms with Gasteiger partial charge in [0.25, 0.3) is 5.91 Å². The van der Waals surface area contributed by atoms with Crippen LogP contribution in [0.1, 0.15) is 50.2 Å². The molecule has 2 amide bonds. The lowest BCUT2D eigenvalue weighted by Crippen LogP contribution is -2.34. The number of halogens is 3. The zero-order valence-electron chi connectivity index (χ0n) is 21.3. The minimum Gasteiger partial charge on any atom is -0.437 e. The van der Waals surface area contributed by atoms with Crippen LogP contribution in [-0.4, -0.2) is 24.9 Å². The van der Waals surface area contributed by atoms with Gasteiger partial charge in [0, 0.05) is 41.0 Å². The first-order valence-corrected chi connectivity index (χ1v) is 13.0. The molecule has 0 saturated carbocycles. The molecule has 0 bridgehead atoms. The van der Waals surface area contributed by atoms with Crippen molar-refractivity contribution in [2.45, 2.75) is 31.9 Å². The fourth-order valence-corrected chi connectivity index (χ4v) is 5.49. The third kappa shape index (κ3) is 4.81. The van der Waals surface area contributed by atoms with Crippen LogP contribution in [0.4, 0.5) is 30.2 Å². The second kappa shape index (κ2) is 9.86. The lowest BCUT2D eigenvalue weighted by Gasteiger charge is -2.37. The van der Waals surface area contributed by atoms with E-state index in [1.54, 1.807) is 18.2 Å². The van der Waals surface area contributed by atoms with Gasteiger partial charge in [-0.3, -0.25) is 9.59 Å². The van der Waals surface area contributed by atoms with Gasteiger partial charge in [0.2, 0.25) is 11.5 Å². The van der Waals surface area contributed by atoms with Gasteiger partial charge >= 0.3 is 6.18 Å². The number of primary amides is 1. The molecule has 4 aromatic rings. The normalized spacial score (nSPS) is 15.2. The van der Waals surface area contributed by atoms with E-state index in [0.29, 0.717) is 16.8 Å². The highest BCUT2D eigenvalue weighted by Gasteiger charge is 2.31. The fraction of sp³-hybridized carbons (Fsp3) is 0.233. The molecule has 0 aliphatic carbocycles. The summed E-state index contributed by atoms with van der Waals surface area (Å²) in [5.74, 6) is -1.25. The number of anilines is 2. The Morgan fingerprint density at radius 1 is 0.975 bits per heavy atom. The number of aryl methyl sites for hydroxylation is 2. The molecule has 3 heterocycles. The molecule has 0 radical (unpaired) electrons. The van der Waals surface area contributed by atoms with Crippen molar-refractivity contribution in [2.24, 2.45) is 10.7 Å². The van der Waals surface area contributed by atoms with Crippen LogP contribution in [-0.2, 0) is 19.0 Å². The summed E-state index contributed by atoms with van der Waals surface area (Å²) in [7, 11) is 0. The summed E-state index contributed by atoms with van der Waals surface area (Å²) in [6, 6.07) is 14.3. The standard InChI is InChI=1S/C30H25F3N4O3/c31-30(32,33)20-5-1-6-22(16-20)35-28(39)24-15-19-14-18-4-2-12-37-13-3-7-23(25(18)37)26(19)40-29(24)36-21-10-8-17(9-11-21)27(34)38/h1,5-6,8-11,14-16H,2-4,7,12-13H2,(H2,34,38)(H,35,39). The molecule has 40 heavy (non-hydrogen) atoms. The van der Waals surface area contributed by atoms with Gasteiger partial charge in [0.1, 0.15) is 11.1 Å². The van der Waals surface area contributed by atoms with E-state index in [0.717, 1.165) is 61.9 Å². The number of carbonyl (C=O) groups excluding carboxylic acids is 2. The van der Waals surface area contributed by atoms with Crippen molar-refractivity contribution < 1.29 is 27.2 Å². The molecular weight excluding hydrogens is 521 g/mol. The topological polar surface area (TPSA) is 101 Å². The molecule has 1 aromatic heterocycles. The Morgan fingerprint density at radius 2 is 1.73 bits per heavy atom. The van der Waals surface area contributed by atoms with Crippen LogP contribution in [0.3, 0.4) is 0 Å². The van der Waals surface area contributed by atoms with Crippen LogP contribution >= 0.6 is 0 Å². The second-order valence-corrected chi connectivity index (χ2v) is 10.00. The minimum atomic E-state index is -4.55. The molecule has 0 saturated heterocycles. The number of amides is 2. The van der Waals surface area contributed by atoms with E-state index < -0.39 is 23.6 Å². The van der Waals surface area contributed by atoms with Gasteiger partial charge < -0.3 is 20.4 Å². The average molecular weight is 547 g/mol. The van der Waals surface area contributed by atoms with Crippen molar-refractivity contribution in [3.63, 3.8) is 0 Å². The van der Waals surface area contributed by atoms with E-state index in [4.69, 9.17) is 10.2 Å². The van der Waals surface area contributed by atoms with Crippen molar-refractivity contribution in [1.82, 2.24) is 0 Å². The SMILES string of the molecule is NC(=O)c1ccc(N=c2oc3c4c5c(cc3cc2C(=O)Nc2cccc(C(F)(F)F)c2)CCCN5CCC4)cc1. The van der Waals surface area contributed by atoms with Gasteiger partial charge in [-0.1, -0.05) is 6.07 Å². The number of carbonyl (C=O) groups is 2. The van der Waals surface area contributed by atoms with E-state index in [2.05, 4.69) is 15.2 Å². The van der Waals surface area contributed by atoms with Crippen LogP contribution in [0.25, 0.3) is 11.0 Å². The maximum absolute atomic E-state index is 13.5. The number of hydrogen-bond donors (Lipinski definition) is 2. The van der Waals surface area contributed by atoms with Crippen molar-refractivity contribution in [2.75, 3.05) is 23.3 Å². The van der Waals surface area contributed by atoms with Crippen LogP contribution in [0.2, 0.25) is 0 Å². The fourth-order valence-electron chi connectivity index (χ4n) is 5.49. The third-order valence-electron chi connectivity index (χ3n) is 7.31. The quantitative estimate of drug-likeness (QED) is 0.341. The molecule has 6 rings (SSSR count). The highest BCUT2D eigenvalue weighted by molar-refractivity contribution is 6.06. The lowest BCUT2D eigenvalue weighted by atomic mass is 9.90. The zero-order valence-corrected chi connectivity index (χ0v) is 21.3. The zero-order chi connectivity index (χ0) is 28.0. The van der Waals surface area contributed by atoms with Gasteiger partial charge in [0.05, 0.1) is 11.3 Å². The molecule has 0 unspecified atom stereocenters. The van der Waals surface area contributed by atoms with E-state index in [-0.39, 0.29) is 16.8 Å². The summed E-state index contributed by atoms with van der Waals surface area (Å²) in [4.78, 5) is 31.9. The summed E-state index contributed by atoms with van der Waals surface area (Å²) >= 11 is 0. The lowest BCUT2D eigenvalue weighted by molar-refractivity contribution is -0.137. The molecule has 0 spiro atoms. The van der Waals surface area contributed by atoms with Crippen molar-refractivity contribution >= 4 is 39.8 Å².